The third-order valence-corrected chi connectivity index (χ3v) is 3.88. The second-order valence-electron chi connectivity index (χ2n) is 4.33. The maximum Gasteiger partial charge on any atom is 0.279 e. The van der Waals surface area contributed by atoms with Crippen LogP contribution in [0.2, 0.25) is 0 Å². The number of amides is 1. The second kappa shape index (κ2) is 4.93. The van der Waals surface area contributed by atoms with Gasteiger partial charge in [0.1, 0.15) is 0 Å². The van der Waals surface area contributed by atoms with E-state index in [1.165, 1.54) is 11.3 Å². The van der Waals surface area contributed by atoms with Crippen LogP contribution in [0.5, 0.6) is 0 Å². The predicted octanol–water partition coefficient (Wildman–Crippen LogP) is 3.00. The van der Waals surface area contributed by atoms with Gasteiger partial charge >= 0.3 is 0 Å². The van der Waals surface area contributed by atoms with Crippen molar-refractivity contribution < 1.29 is 9.32 Å². The van der Waals surface area contributed by atoms with Crippen LogP contribution in [0.3, 0.4) is 0 Å². The molecular weight excluding hydrogens is 276 g/mol. The summed E-state index contributed by atoms with van der Waals surface area (Å²) in [6, 6.07) is 5.45. The van der Waals surface area contributed by atoms with Crippen molar-refractivity contribution in [3.05, 3.63) is 40.5 Å². The first-order chi connectivity index (χ1) is 9.65. The van der Waals surface area contributed by atoms with Gasteiger partial charge in [-0.05, 0) is 25.3 Å². The van der Waals surface area contributed by atoms with E-state index in [4.69, 9.17) is 4.52 Å². The van der Waals surface area contributed by atoms with Crippen molar-refractivity contribution >= 4 is 23.1 Å². The quantitative estimate of drug-likeness (QED) is 0.776. The molecule has 7 heteroatoms. The number of aromatic nitrogens is 3. The molecular formula is C13H12N4O2S. The molecule has 3 aromatic heterocycles. The fourth-order valence-electron chi connectivity index (χ4n) is 1.70. The summed E-state index contributed by atoms with van der Waals surface area (Å²) in [6.07, 6.45) is 0. The maximum absolute atomic E-state index is 12.1. The van der Waals surface area contributed by atoms with Gasteiger partial charge in [-0.1, -0.05) is 11.2 Å². The zero-order valence-corrected chi connectivity index (χ0v) is 11.7. The molecule has 102 valence electrons. The van der Waals surface area contributed by atoms with Gasteiger partial charge in [-0.3, -0.25) is 9.89 Å². The van der Waals surface area contributed by atoms with Crippen LogP contribution in [-0.2, 0) is 0 Å². The van der Waals surface area contributed by atoms with E-state index in [0.717, 1.165) is 16.1 Å². The first kappa shape index (κ1) is 12.6. The summed E-state index contributed by atoms with van der Waals surface area (Å²) in [6.45, 7) is 3.78. The van der Waals surface area contributed by atoms with Crippen molar-refractivity contribution in [2.24, 2.45) is 0 Å². The minimum absolute atomic E-state index is 0.230. The highest BCUT2D eigenvalue weighted by molar-refractivity contribution is 7.13. The monoisotopic (exact) mass is 288 g/mol. The highest BCUT2D eigenvalue weighted by atomic mass is 32.1. The van der Waals surface area contributed by atoms with Crippen molar-refractivity contribution in [2.45, 2.75) is 13.8 Å². The van der Waals surface area contributed by atoms with Gasteiger partial charge in [0.05, 0.1) is 4.88 Å². The minimum Gasteiger partial charge on any atom is -0.355 e. The number of rotatable bonds is 3. The Hall–Kier alpha value is -2.41. The molecule has 0 atom stereocenters. The molecule has 0 aliphatic carbocycles. The van der Waals surface area contributed by atoms with Gasteiger partial charge in [-0.15, -0.1) is 11.3 Å². The zero-order chi connectivity index (χ0) is 14.1. The number of nitrogens with one attached hydrogen (secondary N) is 2. The molecule has 20 heavy (non-hydrogen) atoms. The average Bonchev–Trinajstić information content (AvgIpc) is 3.14. The number of thiophene rings is 1. The van der Waals surface area contributed by atoms with Crippen LogP contribution >= 0.6 is 11.3 Å². The van der Waals surface area contributed by atoms with Gasteiger partial charge in [-0.2, -0.15) is 5.10 Å². The molecule has 2 N–H and O–H groups in total. The normalized spacial score (nSPS) is 10.7. The summed E-state index contributed by atoms with van der Waals surface area (Å²) in [5.41, 5.74) is 2.05. The number of hydrogen-bond acceptors (Lipinski definition) is 5. The molecule has 0 unspecified atom stereocenters. The molecule has 3 aromatic rings. The Kier molecular flexibility index (Phi) is 3.11. The number of carbonyl (C=O) groups is 1. The fraction of sp³-hybridized carbons (Fsp3) is 0.154. The molecule has 0 spiro atoms. The molecule has 0 fully saturated rings. The van der Waals surface area contributed by atoms with E-state index >= 15 is 0 Å². The number of aryl methyl sites for hydroxylation is 1. The number of nitrogens with zero attached hydrogens (tertiary/aromatic N) is 2. The molecule has 0 bridgehead atoms. The third kappa shape index (κ3) is 2.23. The van der Waals surface area contributed by atoms with Gasteiger partial charge in [-0.25, -0.2) is 0 Å². The van der Waals surface area contributed by atoms with Crippen molar-refractivity contribution in [3.63, 3.8) is 0 Å². The molecule has 0 aromatic carbocycles. The van der Waals surface area contributed by atoms with Crippen LogP contribution in [0.4, 0.5) is 5.82 Å². The number of hydrogen-bond donors (Lipinski definition) is 2. The van der Waals surface area contributed by atoms with Crippen LogP contribution in [0.1, 0.15) is 21.7 Å². The number of H-pyrrole nitrogens is 1. The molecule has 6 nitrogen and oxygen atoms in total. The van der Waals surface area contributed by atoms with Crippen LogP contribution in [0, 0.1) is 13.8 Å². The van der Waals surface area contributed by atoms with Gasteiger partial charge in [0, 0.05) is 17.3 Å². The lowest BCUT2D eigenvalue weighted by atomic mass is 10.2. The lowest BCUT2D eigenvalue weighted by molar-refractivity contribution is 0.101. The van der Waals surface area contributed by atoms with Crippen molar-refractivity contribution in [1.29, 1.82) is 0 Å². The van der Waals surface area contributed by atoms with Gasteiger partial charge < -0.3 is 9.84 Å². The van der Waals surface area contributed by atoms with Crippen LogP contribution in [-0.4, -0.2) is 21.3 Å². The van der Waals surface area contributed by atoms with Crippen LogP contribution in [0.25, 0.3) is 10.6 Å². The fourth-order valence-corrected chi connectivity index (χ4v) is 2.37. The predicted molar refractivity (Wildman–Crippen MR) is 75.8 cm³/mol. The highest BCUT2D eigenvalue weighted by Crippen LogP contribution is 2.25. The molecule has 0 aliphatic heterocycles. The highest BCUT2D eigenvalue weighted by Gasteiger charge is 2.16. The third-order valence-electron chi connectivity index (χ3n) is 2.99. The number of aromatic amines is 1. The minimum atomic E-state index is -0.342. The van der Waals surface area contributed by atoms with E-state index < -0.39 is 0 Å². The van der Waals surface area contributed by atoms with E-state index in [1.807, 2.05) is 31.4 Å². The summed E-state index contributed by atoms with van der Waals surface area (Å²) in [4.78, 5) is 13.0. The molecule has 0 aliphatic rings. The van der Waals surface area contributed by atoms with Crippen LogP contribution in [0.15, 0.2) is 28.1 Å². The molecule has 3 rings (SSSR count). The van der Waals surface area contributed by atoms with Gasteiger partial charge in [0.15, 0.2) is 17.3 Å². The van der Waals surface area contributed by atoms with Crippen molar-refractivity contribution in [3.8, 4) is 10.6 Å². The Morgan fingerprint density at radius 3 is 2.95 bits per heavy atom. The Bertz CT molecular complexity index is 742. The first-order valence-electron chi connectivity index (χ1n) is 5.98. The lowest BCUT2D eigenvalue weighted by Gasteiger charge is -1.99. The summed E-state index contributed by atoms with van der Waals surface area (Å²) in [7, 11) is 0. The van der Waals surface area contributed by atoms with E-state index in [-0.39, 0.29) is 11.6 Å². The van der Waals surface area contributed by atoms with E-state index in [0.29, 0.717) is 11.6 Å². The first-order valence-corrected chi connectivity index (χ1v) is 6.86. The van der Waals surface area contributed by atoms with Crippen molar-refractivity contribution in [1.82, 2.24) is 15.4 Å². The van der Waals surface area contributed by atoms with Gasteiger partial charge in [0.2, 0.25) is 0 Å². The summed E-state index contributed by atoms with van der Waals surface area (Å²) < 4.78 is 5.17. The second-order valence-corrected chi connectivity index (χ2v) is 5.28. The Morgan fingerprint density at radius 1 is 1.45 bits per heavy atom. The van der Waals surface area contributed by atoms with Gasteiger partial charge in [0.25, 0.3) is 5.91 Å². The standard InChI is InChI=1S/C13H12N4O2S/c1-7-8(2)15-16-12(7)14-13(18)9-6-10(19-17-9)11-4-3-5-20-11/h3-6H,1-2H3,(H2,14,15,16,18). The molecule has 0 saturated carbocycles. The maximum atomic E-state index is 12.1. The summed E-state index contributed by atoms with van der Waals surface area (Å²) in [5.74, 6) is 0.749. The smallest absolute Gasteiger partial charge is 0.279 e. The molecule has 3 heterocycles. The zero-order valence-electron chi connectivity index (χ0n) is 10.9. The molecule has 0 saturated heterocycles. The Balaban J connectivity index is 1.80. The topological polar surface area (TPSA) is 83.8 Å². The molecule has 0 radical (unpaired) electrons. The van der Waals surface area contributed by atoms with E-state index in [9.17, 15) is 4.79 Å². The van der Waals surface area contributed by atoms with E-state index in [2.05, 4.69) is 20.7 Å². The van der Waals surface area contributed by atoms with Crippen molar-refractivity contribution in [2.75, 3.05) is 5.32 Å². The molecule has 1 amide bonds. The SMILES string of the molecule is Cc1[nH]nc(NC(=O)c2cc(-c3cccs3)on2)c1C. The Morgan fingerprint density at radius 2 is 2.30 bits per heavy atom. The lowest BCUT2D eigenvalue weighted by Crippen LogP contribution is -2.13. The number of carbonyl (C=O) groups excluding carboxylic acids is 1. The largest absolute Gasteiger partial charge is 0.355 e. The van der Waals surface area contributed by atoms with E-state index in [1.54, 1.807) is 6.07 Å². The summed E-state index contributed by atoms with van der Waals surface area (Å²) >= 11 is 1.53. The average molecular weight is 288 g/mol. The van der Waals surface area contributed by atoms with Crippen LogP contribution < -0.4 is 5.32 Å². The Labute approximate surface area is 118 Å². The summed E-state index contributed by atoms with van der Waals surface area (Å²) in [5, 5.41) is 15.3. The number of anilines is 1.